The average Bonchev–Trinajstić information content (AvgIpc) is 2.75. The molecule has 0 aliphatic rings. The Hall–Kier alpha value is -2.11. The second-order valence-electron chi connectivity index (χ2n) is 3.37. The molecule has 0 aliphatic heterocycles. The molecular weight excluding hydrogens is 230 g/mol. The molecule has 6 heteroatoms. The van der Waals surface area contributed by atoms with Crippen molar-refractivity contribution >= 4 is 5.88 Å². The number of aromatic nitrogens is 1. The lowest BCUT2D eigenvalue weighted by Crippen LogP contribution is -1.93. The summed E-state index contributed by atoms with van der Waals surface area (Å²) in [7, 11) is 1.34. The van der Waals surface area contributed by atoms with Gasteiger partial charge in [-0.3, -0.25) is 0 Å². The molecule has 1 heterocycles. The SMILES string of the molecule is COc1ccc(-c2cc(N)on2)cc1C(F)F. The Morgan fingerprint density at radius 2 is 2.12 bits per heavy atom. The first-order valence-electron chi connectivity index (χ1n) is 4.80. The summed E-state index contributed by atoms with van der Waals surface area (Å²) in [6.07, 6.45) is -2.62. The number of alkyl halides is 2. The van der Waals surface area contributed by atoms with Crippen molar-refractivity contribution in [3.05, 3.63) is 29.8 Å². The van der Waals surface area contributed by atoms with Crippen molar-refractivity contribution < 1.29 is 18.0 Å². The summed E-state index contributed by atoms with van der Waals surface area (Å²) in [6, 6.07) is 5.85. The summed E-state index contributed by atoms with van der Waals surface area (Å²) in [5, 5.41) is 3.66. The van der Waals surface area contributed by atoms with Gasteiger partial charge in [0.1, 0.15) is 11.4 Å². The van der Waals surface area contributed by atoms with E-state index in [4.69, 9.17) is 10.5 Å². The van der Waals surface area contributed by atoms with Crippen LogP contribution in [0, 0.1) is 0 Å². The van der Waals surface area contributed by atoms with Gasteiger partial charge in [0, 0.05) is 11.6 Å². The number of rotatable bonds is 3. The van der Waals surface area contributed by atoms with Gasteiger partial charge in [0.2, 0.25) is 5.88 Å². The fourth-order valence-electron chi connectivity index (χ4n) is 1.49. The van der Waals surface area contributed by atoms with Crippen LogP contribution in [-0.4, -0.2) is 12.3 Å². The molecule has 0 aliphatic carbocycles. The molecule has 0 unspecified atom stereocenters. The number of methoxy groups -OCH3 is 1. The van der Waals surface area contributed by atoms with Crippen LogP contribution in [0.25, 0.3) is 11.3 Å². The average molecular weight is 240 g/mol. The van der Waals surface area contributed by atoms with Crippen LogP contribution < -0.4 is 10.5 Å². The molecule has 0 radical (unpaired) electrons. The molecule has 0 bridgehead atoms. The molecule has 2 N–H and O–H groups in total. The Balaban J connectivity index is 2.47. The number of nitrogen functional groups attached to an aromatic ring is 1. The quantitative estimate of drug-likeness (QED) is 0.896. The number of benzene rings is 1. The third-order valence-corrected chi connectivity index (χ3v) is 2.29. The zero-order valence-electron chi connectivity index (χ0n) is 8.98. The van der Waals surface area contributed by atoms with Crippen LogP contribution in [0.15, 0.2) is 28.8 Å². The van der Waals surface area contributed by atoms with Crippen molar-refractivity contribution in [2.75, 3.05) is 12.8 Å². The van der Waals surface area contributed by atoms with Crippen molar-refractivity contribution in [3.8, 4) is 17.0 Å². The van der Waals surface area contributed by atoms with E-state index in [1.54, 1.807) is 6.07 Å². The van der Waals surface area contributed by atoms with Gasteiger partial charge < -0.3 is 15.0 Å². The Kier molecular flexibility index (Phi) is 2.95. The Bertz CT molecular complexity index is 526. The lowest BCUT2D eigenvalue weighted by atomic mass is 10.1. The molecule has 0 fully saturated rings. The number of hydrogen-bond donors (Lipinski definition) is 1. The minimum absolute atomic E-state index is 0.134. The van der Waals surface area contributed by atoms with Crippen LogP contribution in [0.2, 0.25) is 0 Å². The van der Waals surface area contributed by atoms with E-state index in [2.05, 4.69) is 9.68 Å². The van der Waals surface area contributed by atoms with E-state index in [1.807, 2.05) is 0 Å². The van der Waals surface area contributed by atoms with Gasteiger partial charge in [-0.1, -0.05) is 5.16 Å². The Morgan fingerprint density at radius 3 is 2.65 bits per heavy atom. The molecule has 1 aromatic heterocycles. The third kappa shape index (κ3) is 2.20. The largest absolute Gasteiger partial charge is 0.496 e. The van der Waals surface area contributed by atoms with Crippen molar-refractivity contribution in [1.82, 2.24) is 5.16 Å². The van der Waals surface area contributed by atoms with Crippen molar-refractivity contribution in [3.63, 3.8) is 0 Å². The van der Waals surface area contributed by atoms with E-state index < -0.39 is 6.43 Å². The second-order valence-corrected chi connectivity index (χ2v) is 3.37. The molecule has 90 valence electrons. The van der Waals surface area contributed by atoms with Crippen LogP contribution >= 0.6 is 0 Å². The number of ether oxygens (including phenoxy) is 1. The third-order valence-electron chi connectivity index (χ3n) is 2.29. The van der Waals surface area contributed by atoms with Gasteiger partial charge in [0.05, 0.1) is 12.7 Å². The first kappa shape index (κ1) is 11.4. The van der Waals surface area contributed by atoms with Crippen LogP contribution in [0.3, 0.4) is 0 Å². The van der Waals surface area contributed by atoms with Crippen molar-refractivity contribution in [2.24, 2.45) is 0 Å². The van der Waals surface area contributed by atoms with E-state index in [0.29, 0.717) is 11.3 Å². The van der Waals surface area contributed by atoms with Gasteiger partial charge in [-0.05, 0) is 18.2 Å². The van der Waals surface area contributed by atoms with Crippen LogP contribution in [0.5, 0.6) is 5.75 Å². The zero-order valence-corrected chi connectivity index (χ0v) is 8.98. The molecular formula is C11H10F2N2O2. The standard InChI is InChI=1S/C11H10F2N2O2/c1-16-9-3-2-6(4-7(9)11(12)13)8-5-10(14)17-15-8/h2-5,11H,14H2,1H3. The van der Waals surface area contributed by atoms with E-state index in [1.165, 1.54) is 25.3 Å². The topological polar surface area (TPSA) is 61.3 Å². The predicted octanol–water partition coefficient (Wildman–Crippen LogP) is 2.87. The Labute approximate surface area is 96.0 Å². The monoisotopic (exact) mass is 240 g/mol. The summed E-state index contributed by atoms with van der Waals surface area (Å²) in [5.41, 5.74) is 6.09. The van der Waals surface area contributed by atoms with Crippen molar-refractivity contribution in [1.29, 1.82) is 0 Å². The lowest BCUT2D eigenvalue weighted by Gasteiger charge is -2.08. The number of nitrogens with two attached hydrogens (primary N) is 1. The maximum Gasteiger partial charge on any atom is 0.267 e. The highest BCUT2D eigenvalue weighted by molar-refractivity contribution is 5.63. The highest BCUT2D eigenvalue weighted by Gasteiger charge is 2.16. The number of halogens is 2. The summed E-state index contributed by atoms with van der Waals surface area (Å²) in [5.74, 6) is 0.273. The summed E-state index contributed by atoms with van der Waals surface area (Å²) >= 11 is 0. The highest BCUT2D eigenvalue weighted by atomic mass is 19.3. The molecule has 1 aromatic carbocycles. The molecule has 17 heavy (non-hydrogen) atoms. The summed E-state index contributed by atoms with van der Waals surface area (Å²) in [4.78, 5) is 0. The van der Waals surface area contributed by atoms with Gasteiger partial charge in [0.25, 0.3) is 6.43 Å². The molecule has 0 saturated carbocycles. The van der Waals surface area contributed by atoms with Gasteiger partial charge in [0.15, 0.2) is 0 Å². The van der Waals surface area contributed by atoms with E-state index in [9.17, 15) is 8.78 Å². The van der Waals surface area contributed by atoms with Crippen LogP contribution in [0.4, 0.5) is 14.7 Å². The van der Waals surface area contributed by atoms with Gasteiger partial charge in [-0.25, -0.2) is 8.78 Å². The van der Waals surface area contributed by atoms with Crippen LogP contribution in [-0.2, 0) is 0 Å². The smallest absolute Gasteiger partial charge is 0.267 e. The summed E-state index contributed by atoms with van der Waals surface area (Å²) < 4.78 is 35.1. The van der Waals surface area contributed by atoms with Gasteiger partial charge >= 0.3 is 0 Å². The molecule has 4 nitrogen and oxygen atoms in total. The minimum atomic E-state index is -2.62. The molecule has 0 amide bonds. The number of anilines is 1. The Morgan fingerprint density at radius 1 is 1.35 bits per heavy atom. The molecule has 2 rings (SSSR count). The molecule has 0 atom stereocenters. The first-order valence-corrected chi connectivity index (χ1v) is 4.80. The molecule has 0 spiro atoms. The molecule has 2 aromatic rings. The zero-order chi connectivity index (χ0) is 12.4. The predicted molar refractivity (Wildman–Crippen MR) is 57.9 cm³/mol. The highest BCUT2D eigenvalue weighted by Crippen LogP contribution is 2.33. The first-order chi connectivity index (χ1) is 8.11. The van der Waals surface area contributed by atoms with E-state index in [-0.39, 0.29) is 17.2 Å². The maximum atomic E-state index is 12.8. The number of nitrogens with zero attached hydrogens (tertiary/aromatic N) is 1. The maximum absolute atomic E-state index is 12.8. The second kappa shape index (κ2) is 4.40. The van der Waals surface area contributed by atoms with Gasteiger partial charge in [-0.2, -0.15) is 0 Å². The fraction of sp³-hybridized carbons (Fsp3) is 0.182. The minimum Gasteiger partial charge on any atom is -0.496 e. The lowest BCUT2D eigenvalue weighted by molar-refractivity contribution is 0.147. The van der Waals surface area contributed by atoms with Gasteiger partial charge in [-0.15, -0.1) is 0 Å². The van der Waals surface area contributed by atoms with Crippen LogP contribution in [0.1, 0.15) is 12.0 Å². The van der Waals surface area contributed by atoms with E-state index in [0.717, 1.165) is 0 Å². The number of hydrogen-bond acceptors (Lipinski definition) is 4. The summed E-state index contributed by atoms with van der Waals surface area (Å²) in [6.45, 7) is 0. The normalized spacial score (nSPS) is 10.8. The van der Waals surface area contributed by atoms with E-state index >= 15 is 0 Å². The fourth-order valence-corrected chi connectivity index (χ4v) is 1.49. The molecule has 0 saturated heterocycles. The van der Waals surface area contributed by atoms with Crippen molar-refractivity contribution in [2.45, 2.75) is 6.43 Å².